The average molecular weight is 148 g/mol. The van der Waals surface area contributed by atoms with Crippen molar-refractivity contribution < 1.29 is 9.90 Å². The van der Waals surface area contributed by atoms with Crippen LogP contribution in [0.1, 0.15) is 10.4 Å². The zero-order chi connectivity index (χ0) is 8.27. The number of benzene rings is 1. The molecule has 0 aliphatic rings. The van der Waals surface area contributed by atoms with Crippen LogP contribution in [0.5, 0.6) is 0 Å². The van der Waals surface area contributed by atoms with E-state index in [1.54, 1.807) is 30.3 Å². The van der Waals surface area contributed by atoms with Crippen LogP contribution >= 0.6 is 0 Å². The van der Waals surface area contributed by atoms with E-state index in [9.17, 15) is 4.79 Å². The highest BCUT2D eigenvalue weighted by Crippen LogP contribution is 2.03. The molecule has 0 amide bonds. The molecule has 1 N–H and O–H groups in total. The first-order chi connectivity index (χ1) is 5.22. The molecule has 0 aromatic heterocycles. The lowest BCUT2D eigenvalue weighted by Crippen LogP contribution is -2.00. The molecule has 56 valence electrons. The molecule has 0 aliphatic carbocycles. The Kier molecular flexibility index (Phi) is 2.06. The Balaban J connectivity index is 2.95. The van der Waals surface area contributed by atoms with Gasteiger partial charge in [-0.3, -0.25) is 4.79 Å². The molecule has 0 fully saturated rings. The third-order valence-electron chi connectivity index (χ3n) is 1.30. The van der Waals surface area contributed by atoms with Gasteiger partial charge in [0.15, 0.2) is 5.76 Å². The molecular weight excluding hydrogens is 140 g/mol. The van der Waals surface area contributed by atoms with Gasteiger partial charge in [-0.2, -0.15) is 0 Å². The van der Waals surface area contributed by atoms with Gasteiger partial charge in [0, 0.05) is 5.56 Å². The molecule has 0 unspecified atom stereocenters. The number of carbonyl (C=O) groups is 1. The number of rotatable bonds is 2. The Bertz CT molecular complexity index is 275. The third kappa shape index (κ3) is 1.67. The van der Waals surface area contributed by atoms with Crippen LogP contribution in [0.4, 0.5) is 0 Å². The fourth-order valence-electron chi connectivity index (χ4n) is 0.756. The molecule has 1 aromatic rings. The summed E-state index contributed by atoms with van der Waals surface area (Å²) in [6.45, 7) is 3.14. The van der Waals surface area contributed by atoms with Gasteiger partial charge in [0.05, 0.1) is 0 Å². The second-order valence-electron chi connectivity index (χ2n) is 2.14. The first-order valence-electron chi connectivity index (χ1n) is 3.19. The maximum absolute atomic E-state index is 11.0. The molecule has 0 aliphatic heterocycles. The molecule has 1 aromatic carbocycles. The zero-order valence-electron chi connectivity index (χ0n) is 5.95. The molecule has 0 spiro atoms. The molecule has 1 rings (SSSR count). The lowest BCUT2D eigenvalue weighted by atomic mass is 10.1. The van der Waals surface area contributed by atoms with Crippen LogP contribution in [-0.4, -0.2) is 10.9 Å². The van der Waals surface area contributed by atoms with Crippen LogP contribution in [0, 0.1) is 0 Å². The summed E-state index contributed by atoms with van der Waals surface area (Å²) < 4.78 is 0. The van der Waals surface area contributed by atoms with E-state index in [0.29, 0.717) is 5.56 Å². The van der Waals surface area contributed by atoms with Gasteiger partial charge in [-0.15, -0.1) is 0 Å². The SMILES string of the molecule is C=C(O)C(=O)c1ccccc1. The second-order valence-corrected chi connectivity index (χ2v) is 2.14. The lowest BCUT2D eigenvalue weighted by Gasteiger charge is -1.95. The molecule has 0 saturated carbocycles. The molecular formula is C9H8O2. The molecule has 0 atom stereocenters. The van der Waals surface area contributed by atoms with E-state index in [1.807, 2.05) is 0 Å². The van der Waals surface area contributed by atoms with Crippen molar-refractivity contribution in [1.29, 1.82) is 0 Å². The minimum atomic E-state index is -0.425. The van der Waals surface area contributed by atoms with Crippen LogP contribution in [0.3, 0.4) is 0 Å². The molecule has 0 bridgehead atoms. The number of carbonyl (C=O) groups excluding carboxylic acids is 1. The van der Waals surface area contributed by atoms with Crippen LogP contribution in [0.2, 0.25) is 0 Å². The number of allylic oxidation sites excluding steroid dienone is 1. The maximum atomic E-state index is 11.0. The van der Waals surface area contributed by atoms with Crippen molar-refractivity contribution in [2.24, 2.45) is 0 Å². The van der Waals surface area contributed by atoms with Crippen molar-refractivity contribution in [3.63, 3.8) is 0 Å². The standard InChI is InChI=1S/C9H8O2/c1-7(10)9(11)8-5-3-2-4-6-8/h2-6,10H,1H2. The Labute approximate surface area is 64.8 Å². The summed E-state index contributed by atoms with van der Waals surface area (Å²) in [5.74, 6) is -0.846. The molecule has 11 heavy (non-hydrogen) atoms. The number of aliphatic hydroxyl groups excluding tert-OH is 1. The quantitative estimate of drug-likeness (QED) is 0.395. The van der Waals surface area contributed by atoms with Crippen LogP contribution in [-0.2, 0) is 0 Å². The summed E-state index contributed by atoms with van der Waals surface area (Å²) in [4.78, 5) is 11.0. The van der Waals surface area contributed by atoms with E-state index < -0.39 is 11.5 Å². The van der Waals surface area contributed by atoms with Crippen molar-refractivity contribution in [2.45, 2.75) is 0 Å². The van der Waals surface area contributed by atoms with Crippen LogP contribution in [0.15, 0.2) is 42.7 Å². The Morgan fingerprint density at radius 1 is 1.27 bits per heavy atom. The summed E-state index contributed by atoms with van der Waals surface area (Å²) in [5, 5.41) is 8.73. The van der Waals surface area contributed by atoms with E-state index in [4.69, 9.17) is 5.11 Å². The number of Topliss-reactive ketones (excluding diaryl/α,β-unsaturated/α-hetero) is 1. The van der Waals surface area contributed by atoms with Crippen LogP contribution in [0.25, 0.3) is 0 Å². The van der Waals surface area contributed by atoms with Gasteiger partial charge >= 0.3 is 0 Å². The second kappa shape index (κ2) is 3.01. The topological polar surface area (TPSA) is 37.3 Å². The summed E-state index contributed by atoms with van der Waals surface area (Å²) in [5.41, 5.74) is 0.458. The normalized spacial score (nSPS) is 9.09. The lowest BCUT2D eigenvalue weighted by molar-refractivity contribution is 0.0979. The van der Waals surface area contributed by atoms with Gasteiger partial charge in [0.25, 0.3) is 0 Å². The monoisotopic (exact) mass is 148 g/mol. The van der Waals surface area contributed by atoms with Crippen molar-refractivity contribution in [1.82, 2.24) is 0 Å². The Morgan fingerprint density at radius 3 is 2.27 bits per heavy atom. The Morgan fingerprint density at radius 2 is 1.82 bits per heavy atom. The Hall–Kier alpha value is -1.57. The predicted molar refractivity (Wildman–Crippen MR) is 42.5 cm³/mol. The van der Waals surface area contributed by atoms with E-state index >= 15 is 0 Å². The molecule has 2 nitrogen and oxygen atoms in total. The minimum Gasteiger partial charge on any atom is -0.505 e. The fourth-order valence-corrected chi connectivity index (χ4v) is 0.756. The van der Waals surface area contributed by atoms with Gasteiger partial charge in [-0.25, -0.2) is 0 Å². The van der Waals surface area contributed by atoms with E-state index in [0.717, 1.165) is 0 Å². The van der Waals surface area contributed by atoms with Crippen molar-refractivity contribution in [3.05, 3.63) is 48.2 Å². The minimum absolute atomic E-state index is 0.420. The van der Waals surface area contributed by atoms with E-state index in [-0.39, 0.29) is 0 Å². The summed E-state index contributed by atoms with van der Waals surface area (Å²) in [7, 11) is 0. The maximum Gasteiger partial charge on any atom is 0.226 e. The number of aliphatic hydroxyl groups is 1. The number of hydrogen-bond donors (Lipinski definition) is 1. The summed E-state index contributed by atoms with van der Waals surface area (Å²) >= 11 is 0. The molecule has 2 heteroatoms. The van der Waals surface area contributed by atoms with Crippen molar-refractivity contribution >= 4 is 5.78 Å². The first kappa shape index (κ1) is 7.54. The van der Waals surface area contributed by atoms with Gasteiger partial charge in [0.2, 0.25) is 5.78 Å². The van der Waals surface area contributed by atoms with Gasteiger partial charge in [-0.05, 0) is 0 Å². The molecule has 0 saturated heterocycles. The fraction of sp³-hybridized carbons (Fsp3) is 0. The third-order valence-corrected chi connectivity index (χ3v) is 1.30. The van der Waals surface area contributed by atoms with Crippen molar-refractivity contribution in [2.75, 3.05) is 0 Å². The van der Waals surface area contributed by atoms with Crippen molar-refractivity contribution in [3.8, 4) is 0 Å². The van der Waals surface area contributed by atoms with Crippen LogP contribution < -0.4 is 0 Å². The molecule has 0 heterocycles. The smallest absolute Gasteiger partial charge is 0.226 e. The summed E-state index contributed by atoms with van der Waals surface area (Å²) in [6, 6.07) is 8.52. The molecule has 0 radical (unpaired) electrons. The van der Waals surface area contributed by atoms with Gasteiger partial charge in [0.1, 0.15) is 0 Å². The number of ketones is 1. The van der Waals surface area contributed by atoms with E-state index in [2.05, 4.69) is 6.58 Å². The highest BCUT2D eigenvalue weighted by atomic mass is 16.3. The number of hydrogen-bond acceptors (Lipinski definition) is 2. The highest BCUT2D eigenvalue weighted by Gasteiger charge is 2.06. The predicted octanol–water partition coefficient (Wildman–Crippen LogP) is 1.94. The largest absolute Gasteiger partial charge is 0.505 e. The zero-order valence-corrected chi connectivity index (χ0v) is 5.95. The van der Waals surface area contributed by atoms with Gasteiger partial charge < -0.3 is 5.11 Å². The summed E-state index contributed by atoms with van der Waals surface area (Å²) in [6.07, 6.45) is 0. The van der Waals surface area contributed by atoms with E-state index in [1.165, 1.54) is 0 Å². The van der Waals surface area contributed by atoms with Gasteiger partial charge in [-0.1, -0.05) is 36.9 Å². The highest BCUT2D eigenvalue weighted by molar-refractivity contribution is 6.06. The first-order valence-corrected chi connectivity index (χ1v) is 3.19. The average Bonchev–Trinajstić information content (AvgIpc) is 2.05.